The van der Waals surface area contributed by atoms with Crippen LogP contribution >= 0.6 is 0 Å². The van der Waals surface area contributed by atoms with Crippen molar-refractivity contribution >= 4 is 12.0 Å². The predicted molar refractivity (Wildman–Crippen MR) is 79.6 cm³/mol. The highest BCUT2D eigenvalue weighted by Gasteiger charge is 2.29. The lowest BCUT2D eigenvalue weighted by Crippen LogP contribution is -2.44. The van der Waals surface area contributed by atoms with Crippen molar-refractivity contribution in [3.63, 3.8) is 0 Å². The highest BCUT2D eigenvalue weighted by Crippen LogP contribution is 2.27. The largest absolute Gasteiger partial charge is 0.379 e. The summed E-state index contributed by atoms with van der Waals surface area (Å²) in [5, 5.41) is 0. The number of ether oxygens (including phenoxy) is 1. The third kappa shape index (κ3) is 2.72. The number of anilines is 1. The van der Waals surface area contributed by atoms with Crippen LogP contribution in [0.15, 0.2) is 18.2 Å². The Morgan fingerprint density at radius 1 is 1.25 bits per heavy atom. The first-order valence-corrected chi connectivity index (χ1v) is 7.40. The summed E-state index contributed by atoms with van der Waals surface area (Å²) in [6.07, 6.45) is 2.13. The molecule has 0 aromatic heterocycles. The molecular formula is C16H22N2O2. The number of rotatable bonds is 3. The van der Waals surface area contributed by atoms with Crippen molar-refractivity contribution in [1.29, 1.82) is 0 Å². The van der Waals surface area contributed by atoms with Crippen molar-refractivity contribution in [3.05, 3.63) is 29.3 Å². The standard InChI is InChI=1S/C16H22N2O2/c1-13-10-14(12-19)2-3-16(13)18-5-4-15(11-18)17-6-8-20-9-7-17/h2-3,10,12,15H,4-9,11H2,1H3. The molecule has 4 heteroatoms. The number of aryl methyl sites for hydroxylation is 1. The smallest absolute Gasteiger partial charge is 0.150 e. The van der Waals surface area contributed by atoms with Crippen molar-refractivity contribution < 1.29 is 9.53 Å². The van der Waals surface area contributed by atoms with Crippen molar-refractivity contribution in [2.75, 3.05) is 44.3 Å². The first-order chi connectivity index (χ1) is 9.78. The van der Waals surface area contributed by atoms with Crippen molar-refractivity contribution in [2.45, 2.75) is 19.4 Å². The van der Waals surface area contributed by atoms with E-state index in [1.165, 1.54) is 17.7 Å². The Kier molecular flexibility index (Phi) is 4.03. The first-order valence-electron chi connectivity index (χ1n) is 7.40. The normalized spacial score (nSPS) is 24.1. The molecule has 1 atom stereocenters. The van der Waals surface area contributed by atoms with E-state index in [0.29, 0.717) is 6.04 Å². The SMILES string of the molecule is Cc1cc(C=O)ccc1N1CCC(N2CCOCC2)C1. The molecule has 2 saturated heterocycles. The minimum atomic E-state index is 0.643. The van der Waals surface area contributed by atoms with Crippen LogP contribution in [0.3, 0.4) is 0 Å². The topological polar surface area (TPSA) is 32.8 Å². The fraction of sp³-hybridized carbons (Fsp3) is 0.562. The van der Waals surface area contributed by atoms with E-state index in [1.807, 2.05) is 12.1 Å². The maximum atomic E-state index is 10.8. The number of carbonyl (C=O) groups excluding carboxylic acids is 1. The molecule has 2 heterocycles. The lowest BCUT2D eigenvalue weighted by atomic mass is 10.1. The quantitative estimate of drug-likeness (QED) is 0.786. The third-order valence-corrected chi connectivity index (χ3v) is 4.42. The van der Waals surface area contributed by atoms with Gasteiger partial charge in [-0.05, 0) is 37.1 Å². The monoisotopic (exact) mass is 274 g/mol. The second-order valence-corrected chi connectivity index (χ2v) is 5.70. The summed E-state index contributed by atoms with van der Waals surface area (Å²) in [5.74, 6) is 0. The molecule has 2 aliphatic heterocycles. The van der Waals surface area contributed by atoms with Gasteiger partial charge in [0.15, 0.2) is 0 Å². The van der Waals surface area contributed by atoms with Crippen LogP contribution < -0.4 is 4.90 Å². The molecule has 0 spiro atoms. The minimum absolute atomic E-state index is 0.643. The first kappa shape index (κ1) is 13.6. The van der Waals surface area contributed by atoms with Crippen LogP contribution in [0.5, 0.6) is 0 Å². The Hall–Kier alpha value is -1.39. The molecule has 2 aliphatic rings. The summed E-state index contributed by atoms with van der Waals surface area (Å²) in [6.45, 7) is 8.12. The second kappa shape index (κ2) is 5.94. The molecular weight excluding hydrogens is 252 g/mol. The van der Waals surface area contributed by atoms with Gasteiger partial charge in [-0.3, -0.25) is 9.69 Å². The zero-order valence-corrected chi connectivity index (χ0v) is 12.0. The predicted octanol–water partition coefficient (Wildman–Crippen LogP) is 1.72. The molecule has 2 fully saturated rings. The van der Waals surface area contributed by atoms with Gasteiger partial charge in [0.1, 0.15) is 6.29 Å². The van der Waals surface area contributed by atoms with Crippen LogP contribution in [0.2, 0.25) is 0 Å². The Morgan fingerprint density at radius 3 is 2.75 bits per heavy atom. The van der Waals surface area contributed by atoms with Crippen LogP contribution in [0.25, 0.3) is 0 Å². The highest BCUT2D eigenvalue weighted by molar-refractivity contribution is 5.77. The summed E-state index contributed by atoms with van der Waals surface area (Å²) in [5.41, 5.74) is 3.22. The van der Waals surface area contributed by atoms with Crippen LogP contribution in [-0.2, 0) is 4.74 Å². The summed E-state index contributed by atoms with van der Waals surface area (Å²) < 4.78 is 5.43. The molecule has 0 aliphatic carbocycles. The van der Waals surface area contributed by atoms with Gasteiger partial charge in [-0.2, -0.15) is 0 Å². The molecule has 108 valence electrons. The number of carbonyl (C=O) groups is 1. The average Bonchev–Trinajstić information content (AvgIpc) is 2.97. The van der Waals surface area contributed by atoms with Crippen LogP contribution in [-0.4, -0.2) is 56.6 Å². The van der Waals surface area contributed by atoms with E-state index in [-0.39, 0.29) is 0 Å². The molecule has 4 nitrogen and oxygen atoms in total. The van der Waals surface area contributed by atoms with Gasteiger partial charge in [0, 0.05) is 43.5 Å². The Morgan fingerprint density at radius 2 is 2.05 bits per heavy atom. The zero-order valence-electron chi connectivity index (χ0n) is 12.0. The van der Waals surface area contributed by atoms with Gasteiger partial charge < -0.3 is 9.64 Å². The molecule has 1 aromatic carbocycles. The van der Waals surface area contributed by atoms with Crippen molar-refractivity contribution in [2.24, 2.45) is 0 Å². The Labute approximate surface area is 120 Å². The van der Waals surface area contributed by atoms with Gasteiger partial charge in [0.05, 0.1) is 13.2 Å². The molecule has 0 N–H and O–H groups in total. The van der Waals surface area contributed by atoms with Gasteiger partial charge in [-0.15, -0.1) is 0 Å². The summed E-state index contributed by atoms with van der Waals surface area (Å²) >= 11 is 0. The fourth-order valence-electron chi connectivity index (χ4n) is 3.31. The number of morpholine rings is 1. The zero-order chi connectivity index (χ0) is 13.9. The van der Waals surface area contributed by atoms with E-state index >= 15 is 0 Å². The molecule has 1 aromatic rings. The lowest BCUT2D eigenvalue weighted by molar-refractivity contribution is 0.0209. The molecule has 0 bridgehead atoms. The van der Waals surface area contributed by atoms with Gasteiger partial charge in [-0.25, -0.2) is 0 Å². The summed E-state index contributed by atoms with van der Waals surface area (Å²) in [4.78, 5) is 15.8. The molecule has 0 radical (unpaired) electrons. The van der Waals surface area contributed by atoms with E-state index in [0.717, 1.165) is 51.2 Å². The molecule has 1 unspecified atom stereocenters. The van der Waals surface area contributed by atoms with E-state index < -0.39 is 0 Å². The second-order valence-electron chi connectivity index (χ2n) is 5.70. The van der Waals surface area contributed by atoms with Crippen LogP contribution in [0.1, 0.15) is 22.3 Å². The van der Waals surface area contributed by atoms with Crippen molar-refractivity contribution in [1.82, 2.24) is 4.90 Å². The number of benzene rings is 1. The van der Waals surface area contributed by atoms with Gasteiger partial charge in [0.2, 0.25) is 0 Å². The van der Waals surface area contributed by atoms with Crippen molar-refractivity contribution in [3.8, 4) is 0 Å². The molecule has 3 rings (SSSR count). The fourth-order valence-corrected chi connectivity index (χ4v) is 3.31. The highest BCUT2D eigenvalue weighted by atomic mass is 16.5. The minimum Gasteiger partial charge on any atom is -0.379 e. The number of hydrogen-bond donors (Lipinski definition) is 0. The number of aldehydes is 1. The molecule has 0 amide bonds. The Bertz CT molecular complexity index is 483. The van der Waals surface area contributed by atoms with E-state index in [1.54, 1.807) is 0 Å². The van der Waals surface area contributed by atoms with Crippen LogP contribution in [0, 0.1) is 6.92 Å². The van der Waals surface area contributed by atoms with Gasteiger partial charge in [-0.1, -0.05) is 0 Å². The van der Waals surface area contributed by atoms with E-state index in [2.05, 4.69) is 22.8 Å². The lowest BCUT2D eigenvalue weighted by Gasteiger charge is -2.32. The average molecular weight is 274 g/mol. The maximum Gasteiger partial charge on any atom is 0.150 e. The number of nitrogens with zero attached hydrogens (tertiary/aromatic N) is 2. The van der Waals surface area contributed by atoms with E-state index in [4.69, 9.17) is 4.74 Å². The van der Waals surface area contributed by atoms with Crippen LogP contribution in [0.4, 0.5) is 5.69 Å². The summed E-state index contributed by atoms with van der Waals surface area (Å²) in [7, 11) is 0. The Balaban J connectivity index is 1.68. The van der Waals surface area contributed by atoms with E-state index in [9.17, 15) is 4.79 Å². The summed E-state index contributed by atoms with van der Waals surface area (Å²) in [6, 6.07) is 6.62. The van der Waals surface area contributed by atoms with Gasteiger partial charge in [0.25, 0.3) is 0 Å². The third-order valence-electron chi connectivity index (χ3n) is 4.42. The maximum absolute atomic E-state index is 10.8. The molecule has 20 heavy (non-hydrogen) atoms. The number of hydrogen-bond acceptors (Lipinski definition) is 4. The molecule has 0 saturated carbocycles. The van der Waals surface area contributed by atoms with Gasteiger partial charge >= 0.3 is 0 Å².